The molecule has 1 aromatic rings. The summed E-state index contributed by atoms with van der Waals surface area (Å²) in [6.45, 7) is 23.3. The minimum absolute atomic E-state index is 0.0284. The highest BCUT2D eigenvalue weighted by Crippen LogP contribution is 2.73. The van der Waals surface area contributed by atoms with E-state index >= 15 is 0 Å². The predicted molar refractivity (Wildman–Crippen MR) is 149 cm³/mol. The van der Waals surface area contributed by atoms with Crippen LogP contribution in [0.5, 0.6) is 5.75 Å². The van der Waals surface area contributed by atoms with Crippen molar-refractivity contribution < 1.29 is 18.7 Å². The van der Waals surface area contributed by atoms with Crippen molar-refractivity contribution in [2.75, 3.05) is 7.11 Å². The number of allylic oxidation sites excluding steroid dienone is 1. The van der Waals surface area contributed by atoms with E-state index in [0.717, 1.165) is 30.6 Å². The van der Waals surface area contributed by atoms with Gasteiger partial charge in [0.1, 0.15) is 11.5 Å². The highest BCUT2D eigenvalue weighted by molar-refractivity contribution is 6.74. The van der Waals surface area contributed by atoms with Gasteiger partial charge in [-0.2, -0.15) is 0 Å². The summed E-state index contributed by atoms with van der Waals surface area (Å²) in [5.41, 5.74) is 0.541. The van der Waals surface area contributed by atoms with Crippen LogP contribution < -0.4 is 4.74 Å². The summed E-state index contributed by atoms with van der Waals surface area (Å²) < 4.78 is 19.0. The average Bonchev–Trinajstić information content (AvgIpc) is 3.08. The van der Waals surface area contributed by atoms with Crippen molar-refractivity contribution in [3.63, 3.8) is 0 Å². The Labute approximate surface area is 220 Å². The molecule has 3 aliphatic rings. The lowest BCUT2D eigenvalue weighted by atomic mass is 9.64. The Balaban J connectivity index is 1.56. The minimum Gasteiger partial charge on any atom is -0.497 e. The summed E-state index contributed by atoms with van der Waals surface area (Å²) in [4.78, 5) is 14.2. The molecule has 1 aromatic carbocycles. The molecule has 3 aliphatic carbocycles. The number of hydrogen-bond acceptors (Lipinski definition) is 4. The van der Waals surface area contributed by atoms with Crippen LogP contribution >= 0.6 is 0 Å². The fraction of sp³-hybridized carbons (Fsp3) is 0.710. The molecule has 200 valence electrons. The number of carbonyl (C=O) groups is 1. The van der Waals surface area contributed by atoms with Crippen molar-refractivity contribution in [2.45, 2.75) is 104 Å². The lowest BCUT2D eigenvalue weighted by molar-refractivity contribution is -0.134. The van der Waals surface area contributed by atoms with Gasteiger partial charge in [-0.1, -0.05) is 59.8 Å². The second-order valence-corrected chi connectivity index (χ2v) is 18.6. The fourth-order valence-electron chi connectivity index (χ4n) is 7.25. The Morgan fingerprint density at radius 3 is 2.33 bits per heavy atom. The second-order valence-electron chi connectivity index (χ2n) is 13.9. The number of Topliss-reactive ketones (excluding diaryl/α,β-unsaturated/α-hetero) is 1. The highest BCUT2D eigenvalue weighted by atomic mass is 28.4. The molecule has 0 radical (unpaired) electrons. The molecule has 0 N–H and O–H groups in total. The summed E-state index contributed by atoms with van der Waals surface area (Å²) in [5.74, 6) is 1.91. The third-order valence-electron chi connectivity index (χ3n) is 10.8. The van der Waals surface area contributed by atoms with E-state index in [0.29, 0.717) is 18.8 Å². The quantitative estimate of drug-likeness (QED) is 0.279. The van der Waals surface area contributed by atoms with Gasteiger partial charge >= 0.3 is 0 Å². The van der Waals surface area contributed by atoms with Crippen LogP contribution in [-0.4, -0.2) is 32.9 Å². The first-order valence-corrected chi connectivity index (χ1v) is 16.7. The first-order chi connectivity index (χ1) is 16.6. The maximum absolute atomic E-state index is 14.2. The van der Waals surface area contributed by atoms with Crippen LogP contribution in [0.4, 0.5) is 0 Å². The predicted octanol–water partition coefficient (Wildman–Crippen LogP) is 7.58. The summed E-state index contributed by atoms with van der Waals surface area (Å²) >= 11 is 0. The zero-order valence-electron chi connectivity index (χ0n) is 24.1. The van der Waals surface area contributed by atoms with E-state index in [1.165, 1.54) is 0 Å². The monoisotopic (exact) mass is 512 g/mol. The van der Waals surface area contributed by atoms with Gasteiger partial charge in [-0.25, -0.2) is 0 Å². The molecule has 3 saturated carbocycles. The number of fused-ring (bicyclic) bond motifs is 1. The first-order valence-electron chi connectivity index (χ1n) is 13.7. The molecule has 4 rings (SSSR count). The Morgan fingerprint density at radius 2 is 1.78 bits per heavy atom. The third-order valence-corrected chi connectivity index (χ3v) is 15.2. The third kappa shape index (κ3) is 4.23. The average molecular weight is 513 g/mol. The fourth-order valence-corrected chi connectivity index (χ4v) is 8.96. The molecular formula is C31H48O4Si. The van der Waals surface area contributed by atoms with Crippen molar-refractivity contribution in [1.82, 2.24) is 0 Å². The van der Waals surface area contributed by atoms with Crippen LogP contribution in [-0.2, 0) is 20.6 Å². The summed E-state index contributed by atoms with van der Waals surface area (Å²) in [6, 6.07) is 8.03. The van der Waals surface area contributed by atoms with Gasteiger partial charge in [0.15, 0.2) is 8.32 Å². The normalized spacial score (nSPS) is 35.9. The van der Waals surface area contributed by atoms with Crippen molar-refractivity contribution in [1.29, 1.82) is 0 Å². The number of methoxy groups -OCH3 is 1. The number of ketones is 1. The van der Waals surface area contributed by atoms with Crippen molar-refractivity contribution in [2.24, 2.45) is 28.6 Å². The minimum atomic E-state index is -2.00. The van der Waals surface area contributed by atoms with Crippen LogP contribution in [0.15, 0.2) is 36.9 Å². The number of benzene rings is 1. The molecule has 0 aromatic heterocycles. The smallest absolute Gasteiger partial charge is 0.192 e. The van der Waals surface area contributed by atoms with Crippen LogP contribution in [0.2, 0.25) is 18.1 Å². The lowest BCUT2D eigenvalue weighted by Gasteiger charge is -2.44. The van der Waals surface area contributed by atoms with Gasteiger partial charge in [0, 0.05) is 17.8 Å². The van der Waals surface area contributed by atoms with Crippen molar-refractivity contribution >= 4 is 14.1 Å². The largest absolute Gasteiger partial charge is 0.497 e. The Bertz CT molecular complexity index is 991. The molecule has 1 spiro atoms. The molecule has 3 fully saturated rings. The van der Waals surface area contributed by atoms with Crippen molar-refractivity contribution in [3.05, 3.63) is 42.5 Å². The van der Waals surface area contributed by atoms with E-state index < -0.39 is 13.7 Å². The standard InChI is InChI=1S/C31H48O4Si/c1-11-23-16-25(34-20-22-12-14-24(33-8)15-13-22)19-30(23)21(2)18-31(35-36(9,10)28(3,4)5)26(17-27(30)32)29(31,6)7/h11-15,21,23,25-26H,1,16-20H2,2-10H3/t21-,23-,25-,26-,30-,31+/m1/s1. The molecule has 0 amide bonds. The number of ether oxygens (including phenoxy) is 2. The molecular weight excluding hydrogens is 464 g/mol. The lowest BCUT2D eigenvalue weighted by Crippen LogP contribution is -2.48. The zero-order chi connectivity index (χ0) is 26.7. The van der Waals surface area contributed by atoms with E-state index in [1.54, 1.807) is 7.11 Å². The molecule has 4 nitrogen and oxygen atoms in total. The number of carbonyl (C=O) groups excluding carboxylic acids is 1. The molecule has 0 heterocycles. The molecule has 0 bridgehead atoms. The maximum Gasteiger partial charge on any atom is 0.192 e. The van der Waals surface area contributed by atoms with E-state index in [-0.39, 0.29) is 39.9 Å². The highest BCUT2D eigenvalue weighted by Gasteiger charge is 2.77. The summed E-state index contributed by atoms with van der Waals surface area (Å²) in [7, 11) is -0.321. The molecule has 6 atom stereocenters. The number of rotatable bonds is 7. The van der Waals surface area contributed by atoms with Gasteiger partial charge in [-0.05, 0) is 72.3 Å². The van der Waals surface area contributed by atoms with E-state index in [2.05, 4.69) is 61.2 Å². The second kappa shape index (κ2) is 9.09. The molecule has 5 heteroatoms. The van der Waals surface area contributed by atoms with Gasteiger partial charge in [0.25, 0.3) is 0 Å². The van der Waals surface area contributed by atoms with Gasteiger partial charge in [0.05, 0.1) is 25.4 Å². The molecule has 36 heavy (non-hydrogen) atoms. The van der Waals surface area contributed by atoms with Crippen LogP contribution in [0.1, 0.15) is 72.8 Å². The molecule has 0 saturated heterocycles. The van der Waals surface area contributed by atoms with Gasteiger partial charge < -0.3 is 13.9 Å². The Kier molecular flexibility index (Phi) is 6.97. The Hall–Kier alpha value is -1.43. The van der Waals surface area contributed by atoms with Crippen LogP contribution in [0.25, 0.3) is 0 Å². The molecule has 0 unspecified atom stereocenters. The van der Waals surface area contributed by atoms with E-state index in [4.69, 9.17) is 13.9 Å². The topological polar surface area (TPSA) is 44.8 Å². The van der Waals surface area contributed by atoms with E-state index in [1.807, 2.05) is 30.3 Å². The maximum atomic E-state index is 14.2. The Morgan fingerprint density at radius 1 is 1.14 bits per heavy atom. The van der Waals surface area contributed by atoms with Gasteiger partial charge in [-0.3, -0.25) is 4.79 Å². The zero-order valence-corrected chi connectivity index (χ0v) is 25.1. The van der Waals surface area contributed by atoms with Gasteiger partial charge in [0.2, 0.25) is 0 Å². The van der Waals surface area contributed by atoms with Crippen LogP contribution in [0, 0.1) is 28.6 Å². The van der Waals surface area contributed by atoms with Gasteiger partial charge in [-0.15, -0.1) is 6.58 Å². The SMILES string of the molecule is C=C[C@@H]1C[C@@H](OCc2ccc(OC)cc2)C[C@]12C(=O)C[C@@H]1C(C)(C)[C@]1(O[Si](C)(C)C(C)(C)C)C[C@H]2C. The molecule has 0 aliphatic heterocycles. The number of hydrogen-bond donors (Lipinski definition) is 0. The van der Waals surface area contributed by atoms with Crippen LogP contribution in [0.3, 0.4) is 0 Å². The first kappa shape index (κ1) is 27.6. The van der Waals surface area contributed by atoms with Crippen molar-refractivity contribution in [3.8, 4) is 5.75 Å². The van der Waals surface area contributed by atoms with E-state index in [9.17, 15) is 4.79 Å². The summed E-state index contributed by atoms with van der Waals surface area (Å²) in [6.07, 6.45) is 5.29. The summed E-state index contributed by atoms with van der Waals surface area (Å²) in [5, 5.41) is 0.139.